The second-order valence-electron chi connectivity index (χ2n) is 6.19. The molecule has 2 amide bonds. The molecule has 0 aromatic carbocycles. The van der Waals surface area contributed by atoms with Crippen LogP contribution in [0.25, 0.3) is 0 Å². The summed E-state index contributed by atoms with van der Waals surface area (Å²) in [4.78, 5) is 10.7. The first-order valence-electron chi connectivity index (χ1n) is 6.67. The monoisotopic (exact) mass is 291 g/mol. The molecule has 0 unspecified atom stereocenters. The van der Waals surface area contributed by atoms with Crippen LogP contribution in [0.4, 0.5) is 4.79 Å². The van der Waals surface area contributed by atoms with Gasteiger partial charge in [-0.25, -0.2) is 17.9 Å². The van der Waals surface area contributed by atoms with Crippen molar-refractivity contribution < 1.29 is 13.2 Å². The minimum absolute atomic E-state index is 0.132. The van der Waals surface area contributed by atoms with E-state index in [9.17, 15) is 13.2 Å². The van der Waals surface area contributed by atoms with Gasteiger partial charge in [0.2, 0.25) is 10.0 Å². The van der Waals surface area contributed by atoms with Gasteiger partial charge < -0.3 is 11.1 Å². The van der Waals surface area contributed by atoms with Crippen molar-refractivity contribution in [3.05, 3.63) is 0 Å². The lowest BCUT2D eigenvalue weighted by atomic mass is 9.86. The third-order valence-electron chi connectivity index (χ3n) is 3.56. The fourth-order valence-electron chi connectivity index (χ4n) is 2.16. The number of nitrogens with one attached hydrogen (secondary N) is 2. The van der Waals surface area contributed by atoms with Crippen molar-refractivity contribution in [2.24, 2.45) is 11.7 Å². The molecule has 6 nitrogen and oxygen atoms in total. The van der Waals surface area contributed by atoms with E-state index in [0.717, 1.165) is 25.7 Å². The first-order chi connectivity index (χ1) is 8.62. The Morgan fingerprint density at radius 2 is 1.74 bits per heavy atom. The maximum atomic E-state index is 11.9. The molecule has 112 valence electrons. The number of sulfonamides is 1. The van der Waals surface area contributed by atoms with E-state index in [1.165, 1.54) is 0 Å². The second-order valence-corrected chi connectivity index (χ2v) is 8.71. The lowest BCUT2D eigenvalue weighted by Crippen LogP contribution is -2.44. The minimum atomic E-state index is -3.27. The molecular weight excluding hydrogens is 266 g/mol. The van der Waals surface area contributed by atoms with Crippen LogP contribution < -0.4 is 15.8 Å². The van der Waals surface area contributed by atoms with Crippen molar-refractivity contribution >= 4 is 16.1 Å². The Labute approximate surface area is 115 Å². The average Bonchev–Trinajstić information content (AvgIpc) is 2.26. The SMILES string of the molecule is CC(C)(C)S(=O)(=O)NC[C@H]1CC[C@H](NC(N)=O)CC1. The van der Waals surface area contributed by atoms with Gasteiger partial charge in [0, 0.05) is 12.6 Å². The topological polar surface area (TPSA) is 101 Å². The molecule has 0 aliphatic heterocycles. The summed E-state index contributed by atoms with van der Waals surface area (Å²) in [6, 6.07) is -0.357. The standard InChI is InChI=1S/C12H25N3O3S/c1-12(2,3)19(17,18)14-8-9-4-6-10(7-5-9)15-11(13)16/h9-10,14H,4-8H2,1-3H3,(H3,13,15,16)/t9-,10-. The summed E-state index contributed by atoms with van der Waals surface area (Å²) >= 11 is 0. The first-order valence-corrected chi connectivity index (χ1v) is 8.15. The number of amides is 2. The van der Waals surface area contributed by atoms with Crippen molar-refractivity contribution in [1.29, 1.82) is 0 Å². The molecule has 0 atom stereocenters. The highest BCUT2D eigenvalue weighted by atomic mass is 32.2. The van der Waals surface area contributed by atoms with E-state index in [0.29, 0.717) is 12.5 Å². The van der Waals surface area contributed by atoms with E-state index in [2.05, 4.69) is 10.0 Å². The van der Waals surface area contributed by atoms with Crippen molar-refractivity contribution in [3.8, 4) is 0 Å². The van der Waals surface area contributed by atoms with Gasteiger partial charge in [0.1, 0.15) is 0 Å². The molecule has 1 fully saturated rings. The molecule has 0 heterocycles. The molecule has 1 saturated carbocycles. The second kappa shape index (κ2) is 6.09. The zero-order chi connectivity index (χ0) is 14.7. The zero-order valence-corrected chi connectivity index (χ0v) is 12.7. The van der Waals surface area contributed by atoms with E-state index >= 15 is 0 Å². The Bertz CT molecular complexity index is 406. The van der Waals surface area contributed by atoms with E-state index in [-0.39, 0.29) is 6.04 Å². The number of rotatable bonds is 4. The highest BCUT2D eigenvalue weighted by molar-refractivity contribution is 7.90. The number of hydrogen-bond acceptors (Lipinski definition) is 3. The summed E-state index contributed by atoms with van der Waals surface area (Å²) in [5.74, 6) is 0.336. The largest absolute Gasteiger partial charge is 0.352 e. The van der Waals surface area contributed by atoms with Gasteiger partial charge in [0.25, 0.3) is 0 Å². The molecule has 0 saturated heterocycles. The number of carbonyl (C=O) groups excluding carboxylic acids is 1. The molecule has 0 bridgehead atoms. The maximum Gasteiger partial charge on any atom is 0.312 e. The fraction of sp³-hybridized carbons (Fsp3) is 0.917. The van der Waals surface area contributed by atoms with Crippen molar-refractivity contribution in [2.45, 2.75) is 57.2 Å². The smallest absolute Gasteiger partial charge is 0.312 e. The minimum Gasteiger partial charge on any atom is -0.352 e. The molecule has 1 rings (SSSR count). The number of urea groups is 1. The van der Waals surface area contributed by atoms with Crippen LogP contribution in [0.2, 0.25) is 0 Å². The van der Waals surface area contributed by atoms with Gasteiger partial charge in [-0.3, -0.25) is 0 Å². The molecule has 1 aliphatic carbocycles. The van der Waals surface area contributed by atoms with Crippen LogP contribution in [0.5, 0.6) is 0 Å². The average molecular weight is 291 g/mol. The van der Waals surface area contributed by atoms with Crippen LogP contribution in [-0.2, 0) is 10.0 Å². The molecular formula is C12H25N3O3S. The Hall–Kier alpha value is -0.820. The molecule has 0 aromatic rings. The normalized spacial score (nSPS) is 25.0. The lowest BCUT2D eigenvalue weighted by molar-refractivity contribution is 0.235. The number of nitrogens with two attached hydrogens (primary N) is 1. The number of primary amides is 1. The van der Waals surface area contributed by atoms with E-state index in [4.69, 9.17) is 5.73 Å². The van der Waals surface area contributed by atoms with Gasteiger partial charge in [0.05, 0.1) is 4.75 Å². The molecule has 0 radical (unpaired) electrons. The zero-order valence-electron chi connectivity index (χ0n) is 11.9. The highest BCUT2D eigenvalue weighted by Gasteiger charge is 2.30. The van der Waals surface area contributed by atoms with Gasteiger partial charge >= 0.3 is 6.03 Å². The fourth-order valence-corrected chi connectivity index (χ4v) is 3.04. The Morgan fingerprint density at radius 1 is 1.21 bits per heavy atom. The van der Waals surface area contributed by atoms with E-state index in [1.54, 1.807) is 20.8 Å². The van der Waals surface area contributed by atoms with Crippen LogP contribution in [0.3, 0.4) is 0 Å². The molecule has 19 heavy (non-hydrogen) atoms. The van der Waals surface area contributed by atoms with E-state index < -0.39 is 20.8 Å². The maximum absolute atomic E-state index is 11.9. The van der Waals surface area contributed by atoms with Gasteiger partial charge in [-0.05, 0) is 52.4 Å². The third kappa shape index (κ3) is 4.99. The number of hydrogen-bond donors (Lipinski definition) is 3. The number of carbonyl (C=O) groups is 1. The van der Waals surface area contributed by atoms with Crippen LogP contribution in [0.1, 0.15) is 46.5 Å². The molecule has 0 aromatic heterocycles. The van der Waals surface area contributed by atoms with Crippen LogP contribution in [0.15, 0.2) is 0 Å². The summed E-state index contributed by atoms with van der Waals surface area (Å²) in [5.41, 5.74) is 5.08. The van der Waals surface area contributed by atoms with Crippen LogP contribution >= 0.6 is 0 Å². The van der Waals surface area contributed by atoms with E-state index in [1.807, 2.05) is 0 Å². The van der Waals surface area contributed by atoms with Crippen molar-refractivity contribution in [2.75, 3.05) is 6.54 Å². The summed E-state index contributed by atoms with van der Waals surface area (Å²) in [6.07, 6.45) is 3.50. The Morgan fingerprint density at radius 3 is 2.16 bits per heavy atom. The van der Waals surface area contributed by atoms with Crippen molar-refractivity contribution in [1.82, 2.24) is 10.0 Å². The lowest BCUT2D eigenvalue weighted by Gasteiger charge is -2.29. The highest BCUT2D eigenvalue weighted by Crippen LogP contribution is 2.24. The van der Waals surface area contributed by atoms with Gasteiger partial charge in [0.15, 0.2) is 0 Å². The first kappa shape index (κ1) is 16.2. The van der Waals surface area contributed by atoms with Crippen LogP contribution in [0, 0.1) is 5.92 Å². The molecule has 1 aliphatic rings. The summed E-state index contributed by atoms with van der Waals surface area (Å²) in [5, 5.41) is 2.70. The van der Waals surface area contributed by atoms with Gasteiger partial charge in [-0.1, -0.05) is 0 Å². The molecule has 7 heteroatoms. The molecule has 4 N–H and O–H groups in total. The summed E-state index contributed by atoms with van der Waals surface area (Å²) in [7, 11) is -3.27. The molecule has 0 spiro atoms. The van der Waals surface area contributed by atoms with Crippen molar-refractivity contribution in [3.63, 3.8) is 0 Å². The van der Waals surface area contributed by atoms with Gasteiger partial charge in [-0.2, -0.15) is 0 Å². The van der Waals surface area contributed by atoms with Gasteiger partial charge in [-0.15, -0.1) is 0 Å². The third-order valence-corrected chi connectivity index (χ3v) is 5.72. The quantitative estimate of drug-likeness (QED) is 0.718. The summed E-state index contributed by atoms with van der Waals surface area (Å²) < 4.78 is 25.7. The Kier molecular flexibility index (Phi) is 5.20. The predicted octanol–water partition coefficient (Wildman–Crippen LogP) is 0.931. The summed E-state index contributed by atoms with van der Waals surface area (Å²) in [6.45, 7) is 5.53. The van der Waals surface area contributed by atoms with Crippen LogP contribution in [-0.4, -0.2) is 31.8 Å². The Balaban J connectivity index is 2.36. The predicted molar refractivity (Wildman–Crippen MR) is 75.1 cm³/mol.